The second-order valence-corrected chi connectivity index (χ2v) is 10.7. The first-order valence-electron chi connectivity index (χ1n) is 12.6. The van der Waals surface area contributed by atoms with Crippen molar-refractivity contribution in [3.05, 3.63) is 71.4 Å². The van der Waals surface area contributed by atoms with Gasteiger partial charge in [0.2, 0.25) is 5.91 Å². The Kier molecular flexibility index (Phi) is 8.56. The molecule has 0 aliphatic rings. The lowest BCUT2D eigenvalue weighted by Gasteiger charge is -2.24. The number of carbonyl (C=O) groups is 2. The first kappa shape index (κ1) is 27.0. The van der Waals surface area contributed by atoms with Gasteiger partial charge < -0.3 is 15.5 Å². The van der Waals surface area contributed by atoms with Crippen molar-refractivity contribution in [3.8, 4) is 5.69 Å². The van der Waals surface area contributed by atoms with Crippen LogP contribution < -0.4 is 10.6 Å². The van der Waals surface area contributed by atoms with Gasteiger partial charge in [0.25, 0.3) is 0 Å². The van der Waals surface area contributed by atoms with Gasteiger partial charge >= 0.3 is 6.03 Å². The minimum absolute atomic E-state index is 0.0680. The molecule has 1 heterocycles. The van der Waals surface area contributed by atoms with E-state index in [-0.39, 0.29) is 29.8 Å². The molecule has 7 nitrogen and oxygen atoms in total. The van der Waals surface area contributed by atoms with E-state index in [1.54, 1.807) is 9.58 Å². The lowest BCUT2D eigenvalue weighted by molar-refractivity contribution is -0.116. The average Bonchev–Trinajstić information content (AvgIpc) is 3.23. The Morgan fingerprint density at radius 2 is 1.72 bits per heavy atom. The van der Waals surface area contributed by atoms with Crippen LogP contribution in [0.15, 0.2) is 54.6 Å². The van der Waals surface area contributed by atoms with Gasteiger partial charge in [0.05, 0.1) is 11.4 Å². The number of hydrogen-bond acceptors (Lipinski definition) is 3. The quantitative estimate of drug-likeness (QED) is 0.397. The van der Waals surface area contributed by atoms with Crippen LogP contribution in [0.3, 0.4) is 0 Å². The van der Waals surface area contributed by atoms with Gasteiger partial charge in [-0.1, -0.05) is 71.4 Å². The third kappa shape index (κ3) is 7.20. The Hall–Kier alpha value is -3.61. The summed E-state index contributed by atoms with van der Waals surface area (Å²) >= 11 is 0. The Morgan fingerprint density at radius 3 is 2.33 bits per heavy atom. The van der Waals surface area contributed by atoms with E-state index in [9.17, 15) is 9.59 Å². The van der Waals surface area contributed by atoms with Crippen molar-refractivity contribution in [2.45, 2.75) is 60.3 Å². The molecule has 7 heteroatoms. The fraction of sp³-hybridized carbons (Fsp3) is 0.414. The second-order valence-electron chi connectivity index (χ2n) is 10.7. The number of urea groups is 1. The highest BCUT2D eigenvalue weighted by atomic mass is 16.2. The predicted octanol–water partition coefficient (Wildman–Crippen LogP) is 6.17. The maximum Gasteiger partial charge on any atom is 0.322 e. The van der Waals surface area contributed by atoms with Crippen molar-refractivity contribution in [2.24, 2.45) is 5.92 Å². The Labute approximate surface area is 214 Å². The molecule has 0 saturated carbocycles. The van der Waals surface area contributed by atoms with Gasteiger partial charge in [-0.05, 0) is 49.1 Å². The number of aromatic nitrogens is 2. The van der Waals surface area contributed by atoms with E-state index in [1.807, 2.05) is 75.4 Å². The molecule has 36 heavy (non-hydrogen) atoms. The number of benzene rings is 2. The average molecular weight is 490 g/mol. The first-order valence-corrected chi connectivity index (χ1v) is 12.6. The van der Waals surface area contributed by atoms with Crippen LogP contribution in [-0.2, 0) is 16.6 Å². The Bertz CT molecular complexity index is 1190. The molecule has 0 aliphatic heterocycles. The van der Waals surface area contributed by atoms with Crippen LogP contribution in [0.5, 0.6) is 0 Å². The number of anilines is 2. The summed E-state index contributed by atoms with van der Waals surface area (Å²) in [5.74, 6) is 0.507. The molecule has 2 aromatic carbocycles. The van der Waals surface area contributed by atoms with E-state index in [4.69, 9.17) is 5.10 Å². The number of aryl methyl sites for hydroxylation is 2. The molecule has 0 aliphatic carbocycles. The highest BCUT2D eigenvalue weighted by molar-refractivity contribution is 5.96. The monoisotopic (exact) mass is 489 g/mol. The molecular weight excluding hydrogens is 450 g/mol. The van der Waals surface area contributed by atoms with Gasteiger partial charge in [-0.15, -0.1) is 0 Å². The fourth-order valence-corrected chi connectivity index (χ4v) is 3.81. The van der Waals surface area contributed by atoms with Crippen LogP contribution in [0.4, 0.5) is 16.3 Å². The molecular formula is C29H39N5O2. The fourth-order valence-electron chi connectivity index (χ4n) is 3.81. The molecule has 0 saturated heterocycles. The minimum atomic E-state index is -0.297. The maximum atomic E-state index is 13.2. The zero-order valence-corrected chi connectivity index (χ0v) is 22.6. The Morgan fingerprint density at radius 1 is 1.03 bits per heavy atom. The second kappa shape index (κ2) is 11.4. The normalized spacial score (nSPS) is 11.4. The summed E-state index contributed by atoms with van der Waals surface area (Å²) in [6, 6.07) is 17.4. The van der Waals surface area contributed by atoms with Crippen molar-refractivity contribution in [1.82, 2.24) is 14.7 Å². The lowest BCUT2D eigenvalue weighted by atomic mass is 9.92. The van der Waals surface area contributed by atoms with Crippen molar-refractivity contribution in [2.75, 3.05) is 23.7 Å². The number of nitrogens with one attached hydrogen (secondary N) is 2. The summed E-state index contributed by atoms with van der Waals surface area (Å²) in [5, 5.41) is 10.7. The van der Waals surface area contributed by atoms with E-state index in [1.165, 1.54) is 0 Å². The van der Waals surface area contributed by atoms with Gasteiger partial charge in [-0.2, -0.15) is 5.10 Å². The first-order chi connectivity index (χ1) is 17.0. The van der Waals surface area contributed by atoms with Crippen molar-refractivity contribution in [3.63, 3.8) is 0 Å². The lowest BCUT2D eigenvalue weighted by Crippen LogP contribution is -2.42. The SMILES string of the molecule is CCc1cccc(NC(=O)N(CC(=O)Nc2cc(C(C)(C)C)nn2-c2ccc(C)cc2)CC(C)C)c1. The van der Waals surface area contributed by atoms with Gasteiger partial charge in [0.1, 0.15) is 12.4 Å². The molecule has 0 unspecified atom stereocenters. The topological polar surface area (TPSA) is 79.3 Å². The largest absolute Gasteiger partial charge is 0.322 e. The van der Waals surface area contributed by atoms with E-state index in [0.717, 1.165) is 34.6 Å². The molecule has 0 spiro atoms. The van der Waals surface area contributed by atoms with Gasteiger partial charge in [-0.3, -0.25) is 4.79 Å². The summed E-state index contributed by atoms with van der Waals surface area (Å²) in [4.78, 5) is 27.8. The standard InChI is InChI=1S/C29H39N5O2/c1-8-22-10-9-11-23(16-22)30-28(36)33(18-20(2)3)19-27(35)31-26-17-25(29(5,6)7)32-34(26)24-14-12-21(4)13-15-24/h9-17,20H,8,18-19H2,1-7H3,(H,30,36)(H,31,35). The highest BCUT2D eigenvalue weighted by Crippen LogP contribution is 2.26. The van der Waals surface area contributed by atoms with Gasteiger partial charge in [0, 0.05) is 23.7 Å². The van der Waals surface area contributed by atoms with E-state index < -0.39 is 0 Å². The zero-order valence-electron chi connectivity index (χ0n) is 22.6. The molecule has 0 bridgehead atoms. The van der Waals surface area contributed by atoms with Crippen LogP contribution in [0.25, 0.3) is 5.69 Å². The highest BCUT2D eigenvalue weighted by Gasteiger charge is 2.23. The van der Waals surface area contributed by atoms with Crippen LogP contribution in [0.1, 0.15) is 58.4 Å². The number of rotatable bonds is 8. The van der Waals surface area contributed by atoms with E-state index >= 15 is 0 Å². The number of amides is 3. The molecule has 0 radical (unpaired) electrons. The summed E-state index contributed by atoms with van der Waals surface area (Å²) in [6.07, 6.45) is 0.882. The molecule has 3 rings (SSSR count). The van der Waals surface area contributed by atoms with Crippen molar-refractivity contribution >= 4 is 23.4 Å². The Balaban J connectivity index is 1.81. The number of nitrogens with zero attached hydrogens (tertiary/aromatic N) is 3. The summed E-state index contributed by atoms with van der Waals surface area (Å²) in [7, 11) is 0. The molecule has 0 atom stereocenters. The summed E-state index contributed by atoms with van der Waals surface area (Å²) < 4.78 is 1.75. The summed E-state index contributed by atoms with van der Waals surface area (Å²) in [5.41, 5.74) is 4.55. The van der Waals surface area contributed by atoms with Crippen LogP contribution in [0, 0.1) is 12.8 Å². The van der Waals surface area contributed by atoms with Gasteiger partial charge in [0.15, 0.2) is 0 Å². The number of carbonyl (C=O) groups excluding carboxylic acids is 2. The minimum Gasteiger partial charge on any atom is -0.315 e. The third-order valence-corrected chi connectivity index (χ3v) is 5.82. The zero-order chi connectivity index (χ0) is 26.5. The smallest absolute Gasteiger partial charge is 0.315 e. The van der Waals surface area contributed by atoms with Crippen molar-refractivity contribution < 1.29 is 9.59 Å². The van der Waals surface area contributed by atoms with Crippen LogP contribution in [0.2, 0.25) is 0 Å². The maximum absolute atomic E-state index is 13.2. The van der Waals surface area contributed by atoms with Crippen LogP contribution in [-0.4, -0.2) is 39.7 Å². The van der Waals surface area contributed by atoms with Crippen molar-refractivity contribution in [1.29, 1.82) is 0 Å². The van der Waals surface area contributed by atoms with E-state index in [0.29, 0.717) is 12.4 Å². The van der Waals surface area contributed by atoms with Gasteiger partial charge in [-0.25, -0.2) is 9.48 Å². The molecule has 0 fully saturated rings. The summed E-state index contributed by atoms with van der Waals surface area (Å²) in [6.45, 7) is 14.8. The predicted molar refractivity (Wildman–Crippen MR) is 147 cm³/mol. The van der Waals surface area contributed by atoms with E-state index in [2.05, 4.69) is 38.3 Å². The third-order valence-electron chi connectivity index (χ3n) is 5.82. The molecule has 3 amide bonds. The molecule has 1 aromatic heterocycles. The number of hydrogen-bond donors (Lipinski definition) is 2. The molecule has 192 valence electrons. The molecule has 3 aromatic rings. The van der Waals surface area contributed by atoms with Crippen LogP contribution >= 0.6 is 0 Å². The molecule has 2 N–H and O–H groups in total.